The van der Waals surface area contributed by atoms with E-state index in [2.05, 4.69) is 0 Å². The van der Waals surface area contributed by atoms with Crippen LogP contribution in [0.4, 0.5) is 0 Å². The molecule has 0 unspecified atom stereocenters. The molecule has 3 rings (SSSR count). The van der Waals surface area contributed by atoms with Crippen molar-refractivity contribution in [1.82, 2.24) is 0 Å². The lowest BCUT2D eigenvalue weighted by molar-refractivity contribution is 0.601. The second-order valence-corrected chi connectivity index (χ2v) is 10.4. The van der Waals surface area contributed by atoms with Gasteiger partial charge in [0.1, 0.15) is 21.9 Å². The van der Waals surface area contributed by atoms with Gasteiger partial charge < -0.3 is 0 Å². The van der Waals surface area contributed by atoms with E-state index >= 15 is 0 Å². The summed E-state index contributed by atoms with van der Waals surface area (Å²) in [7, 11) is -7.93. The Balaban J connectivity index is 1.94. The van der Waals surface area contributed by atoms with Crippen LogP contribution in [-0.4, -0.2) is 16.8 Å². The standard InChI is InChI=1S/C24H16N2O4S2/c25-17-23(31(27,28)21-7-3-1-4-8-21)15-19-11-13-20(14-12-19)16-24(18-26)32(29,30)22-9-5-2-6-10-22/h1-16H/b23-15+,24-16+. The molecule has 8 heteroatoms. The van der Waals surface area contributed by atoms with Crippen molar-refractivity contribution < 1.29 is 16.8 Å². The maximum atomic E-state index is 12.7. The molecule has 32 heavy (non-hydrogen) atoms. The fourth-order valence-corrected chi connectivity index (χ4v) is 5.15. The second kappa shape index (κ2) is 9.44. The van der Waals surface area contributed by atoms with E-state index in [1.54, 1.807) is 48.5 Å². The molecule has 0 atom stereocenters. The van der Waals surface area contributed by atoms with Crippen molar-refractivity contribution in [3.63, 3.8) is 0 Å². The lowest BCUT2D eigenvalue weighted by atomic mass is 10.1. The maximum Gasteiger partial charge on any atom is 0.216 e. The summed E-state index contributed by atoms with van der Waals surface area (Å²) < 4.78 is 50.6. The molecule has 0 radical (unpaired) electrons. The van der Waals surface area contributed by atoms with Crippen molar-refractivity contribution in [2.45, 2.75) is 9.79 Å². The van der Waals surface area contributed by atoms with Crippen molar-refractivity contribution in [3.05, 3.63) is 106 Å². The van der Waals surface area contributed by atoms with Gasteiger partial charge in [-0.1, -0.05) is 60.7 Å². The van der Waals surface area contributed by atoms with E-state index in [0.29, 0.717) is 11.1 Å². The third-order valence-corrected chi connectivity index (χ3v) is 7.80. The summed E-state index contributed by atoms with van der Waals surface area (Å²) in [5.41, 5.74) is 0.866. The first-order valence-electron chi connectivity index (χ1n) is 9.23. The lowest BCUT2D eigenvalue weighted by Crippen LogP contribution is -2.03. The van der Waals surface area contributed by atoms with Crippen LogP contribution in [0.2, 0.25) is 0 Å². The van der Waals surface area contributed by atoms with Crippen LogP contribution in [0.15, 0.2) is 105 Å². The van der Waals surface area contributed by atoms with Gasteiger partial charge in [0.05, 0.1) is 9.79 Å². The molecule has 0 aliphatic heterocycles. The predicted molar refractivity (Wildman–Crippen MR) is 121 cm³/mol. The van der Waals surface area contributed by atoms with Gasteiger partial charge in [-0.25, -0.2) is 16.8 Å². The molecule has 158 valence electrons. The summed E-state index contributed by atoms with van der Waals surface area (Å²) in [5.74, 6) is 0. The Morgan fingerprint density at radius 1 is 0.562 bits per heavy atom. The van der Waals surface area contributed by atoms with Crippen LogP contribution in [-0.2, 0) is 19.7 Å². The summed E-state index contributed by atoms with van der Waals surface area (Å²) >= 11 is 0. The average Bonchev–Trinajstić information content (AvgIpc) is 2.82. The van der Waals surface area contributed by atoms with Gasteiger partial charge in [-0.05, 0) is 47.5 Å². The van der Waals surface area contributed by atoms with Crippen molar-refractivity contribution in [3.8, 4) is 12.1 Å². The van der Waals surface area contributed by atoms with E-state index in [0.717, 1.165) is 0 Å². The quantitative estimate of drug-likeness (QED) is 0.505. The molecular formula is C24H16N2O4S2. The van der Waals surface area contributed by atoms with E-state index in [1.807, 2.05) is 0 Å². The van der Waals surface area contributed by atoms with E-state index < -0.39 is 29.5 Å². The molecule has 0 heterocycles. The van der Waals surface area contributed by atoms with Gasteiger partial charge in [-0.2, -0.15) is 10.5 Å². The fourth-order valence-electron chi connectivity index (χ4n) is 2.78. The molecule has 6 nitrogen and oxygen atoms in total. The predicted octanol–water partition coefficient (Wildman–Crippen LogP) is 4.36. The van der Waals surface area contributed by atoms with Crippen LogP contribution in [0, 0.1) is 22.7 Å². The first kappa shape index (κ1) is 22.7. The van der Waals surface area contributed by atoms with Crippen molar-refractivity contribution >= 4 is 31.8 Å². The molecular weight excluding hydrogens is 444 g/mol. The van der Waals surface area contributed by atoms with Gasteiger partial charge in [0.25, 0.3) is 0 Å². The number of hydrogen-bond donors (Lipinski definition) is 0. The Hall–Kier alpha value is -3.98. The molecule has 0 fully saturated rings. The fraction of sp³-hybridized carbons (Fsp3) is 0. The zero-order valence-electron chi connectivity index (χ0n) is 16.6. The number of nitrogens with zero attached hydrogens (tertiary/aromatic N) is 2. The summed E-state index contributed by atoms with van der Waals surface area (Å²) in [6.45, 7) is 0. The van der Waals surface area contributed by atoms with Crippen LogP contribution in [0.3, 0.4) is 0 Å². The SMILES string of the molecule is N#C/C(=C\c1ccc(/C=C(\C#N)S(=O)(=O)c2ccccc2)cc1)S(=O)(=O)c1ccccc1. The highest BCUT2D eigenvalue weighted by Crippen LogP contribution is 2.23. The smallest absolute Gasteiger partial charge is 0.216 e. The zero-order valence-corrected chi connectivity index (χ0v) is 18.2. The van der Waals surface area contributed by atoms with Crippen molar-refractivity contribution in [1.29, 1.82) is 10.5 Å². The van der Waals surface area contributed by atoms with E-state index in [9.17, 15) is 27.4 Å². The van der Waals surface area contributed by atoms with Crippen LogP contribution < -0.4 is 0 Å². The third kappa shape index (κ3) is 4.84. The highest BCUT2D eigenvalue weighted by Gasteiger charge is 2.21. The monoisotopic (exact) mass is 460 g/mol. The highest BCUT2D eigenvalue weighted by molar-refractivity contribution is 7.96. The molecule has 0 aliphatic carbocycles. The minimum Gasteiger partial charge on any atom is -0.218 e. The van der Waals surface area contributed by atoms with Gasteiger partial charge in [-0.15, -0.1) is 0 Å². The second-order valence-electron chi connectivity index (χ2n) is 6.54. The molecule has 0 aliphatic rings. The molecule has 0 bridgehead atoms. The van der Waals surface area contributed by atoms with Crippen LogP contribution in [0.1, 0.15) is 11.1 Å². The number of sulfone groups is 2. The van der Waals surface area contributed by atoms with Crippen molar-refractivity contribution in [2.24, 2.45) is 0 Å². The first-order chi connectivity index (χ1) is 15.3. The zero-order chi connectivity index (χ0) is 23.2. The van der Waals surface area contributed by atoms with Crippen molar-refractivity contribution in [2.75, 3.05) is 0 Å². The number of hydrogen-bond acceptors (Lipinski definition) is 6. The Labute approximate surface area is 186 Å². The molecule has 3 aromatic rings. The first-order valence-corrected chi connectivity index (χ1v) is 12.2. The summed E-state index contributed by atoms with van der Waals surface area (Å²) in [5, 5.41) is 18.8. The molecule has 0 spiro atoms. The number of allylic oxidation sites excluding steroid dienone is 2. The maximum absolute atomic E-state index is 12.7. The summed E-state index contributed by atoms with van der Waals surface area (Å²) in [6.07, 6.45) is 2.48. The number of rotatable bonds is 6. The molecule has 0 amide bonds. The normalized spacial score (nSPS) is 12.6. The Bertz CT molecular complexity index is 1360. The van der Waals surface area contributed by atoms with Gasteiger partial charge >= 0.3 is 0 Å². The van der Waals surface area contributed by atoms with E-state index in [4.69, 9.17) is 0 Å². The van der Waals surface area contributed by atoms with Gasteiger partial charge in [0, 0.05) is 0 Å². The number of benzene rings is 3. The molecule has 3 aromatic carbocycles. The molecule has 0 N–H and O–H groups in total. The minimum absolute atomic E-state index is 0.0112. The molecule has 0 saturated heterocycles. The highest BCUT2D eigenvalue weighted by atomic mass is 32.2. The van der Waals surface area contributed by atoms with Crippen LogP contribution in [0.25, 0.3) is 12.2 Å². The van der Waals surface area contributed by atoms with Crippen LogP contribution >= 0.6 is 0 Å². The van der Waals surface area contributed by atoms with E-state index in [-0.39, 0.29) is 9.79 Å². The average molecular weight is 461 g/mol. The van der Waals surface area contributed by atoms with Gasteiger partial charge in [0.2, 0.25) is 19.7 Å². The largest absolute Gasteiger partial charge is 0.218 e. The Morgan fingerprint density at radius 3 is 1.16 bits per heavy atom. The lowest BCUT2D eigenvalue weighted by Gasteiger charge is -2.04. The Morgan fingerprint density at radius 2 is 0.875 bits per heavy atom. The molecule has 0 aromatic heterocycles. The number of nitriles is 2. The minimum atomic E-state index is -3.97. The van der Waals surface area contributed by atoms with Crippen LogP contribution in [0.5, 0.6) is 0 Å². The van der Waals surface area contributed by atoms with Gasteiger partial charge in [0.15, 0.2) is 0 Å². The van der Waals surface area contributed by atoms with E-state index in [1.165, 1.54) is 60.7 Å². The third-order valence-electron chi connectivity index (χ3n) is 4.44. The summed E-state index contributed by atoms with van der Waals surface area (Å²) in [6, 6.07) is 24.8. The topological polar surface area (TPSA) is 116 Å². The van der Waals surface area contributed by atoms with Gasteiger partial charge in [-0.3, -0.25) is 0 Å². The Kier molecular flexibility index (Phi) is 6.70. The molecule has 0 saturated carbocycles. The summed E-state index contributed by atoms with van der Waals surface area (Å²) in [4.78, 5) is -0.818.